The number of ether oxygens (including phenoxy) is 3. The summed E-state index contributed by atoms with van der Waals surface area (Å²) in [4.78, 5) is 21.8. The summed E-state index contributed by atoms with van der Waals surface area (Å²) in [5, 5.41) is 8.50. The molecule has 0 fully saturated rings. The van der Waals surface area contributed by atoms with E-state index in [-0.39, 0.29) is 18.9 Å². The van der Waals surface area contributed by atoms with Crippen LogP contribution in [0.25, 0.3) is 0 Å². The van der Waals surface area contributed by atoms with E-state index in [1.165, 1.54) is 6.26 Å². The molecule has 0 rings (SSSR count). The maximum absolute atomic E-state index is 11.5. The molecule has 0 saturated carbocycles. The van der Waals surface area contributed by atoms with Crippen LogP contribution in [0.15, 0.2) is 12.8 Å². The van der Waals surface area contributed by atoms with Gasteiger partial charge < -0.3 is 19.3 Å². The van der Waals surface area contributed by atoms with Gasteiger partial charge in [-0.25, -0.2) is 0 Å². The second-order valence-electron chi connectivity index (χ2n) is 4.27. The topological polar surface area (TPSA) is 82.1 Å². The van der Waals surface area contributed by atoms with Crippen molar-refractivity contribution in [1.82, 2.24) is 0 Å². The molecular weight excluding hydrogens is 264 g/mol. The Morgan fingerprint density at radius 1 is 1.30 bits per heavy atom. The lowest BCUT2D eigenvalue weighted by atomic mass is 10.3. The SMILES string of the molecule is C=COC(CC)COC(CCC)OC(=O)CCC(=O)O. The maximum atomic E-state index is 11.5. The third-order valence-corrected chi connectivity index (χ3v) is 2.54. The van der Waals surface area contributed by atoms with Gasteiger partial charge >= 0.3 is 11.9 Å². The first-order valence-electron chi connectivity index (χ1n) is 6.82. The van der Waals surface area contributed by atoms with Gasteiger partial charge in [0.2, 0.25) is 6.29 Å². The van der Waals surface area contributed by atoms with Crippen LogP contribution in [0, 0.1) is 0 Å². The number of hydrogen-bond acceptors (Lipinski definition) is 5. The summed E-state index contributed by atoms with van der Waals surface area (Å²) >= 11 is 0. The molecule has 0 heterocycles. The smallest absolute Gasteiger partial charge is 0.308 e. The molecule has 1 N–H and O–H groups in total. The van der Waals surface area contributed by atoms with Crippen molar-refractivity contribution >= 4 is 11.9 Å². The summed E-state index contributed by atoms with van der Waals surface area (Å²) in [6, 6.07) is 0. The molecule has 0 bridgehead atoms. The molecule has 0 aromatic carbocycles. The minimum atomic E-state index is -1.03. The number of rotatable bonds is 12. The van der Waals surface area contributed by atoms with Crippen molar-refractivity contribution in [3.8, 4) is 0 Å². The van der Waals surface area contributed by atoms with Gasteiger partial charge in [0.05, 0.1) is 25.7 Å². The van der Waals surface area contributed by atoms with E-state index in [1.54, 1.807) is 0 Å². The first kappa shape index (κ1) is 18.4. The third kappa shape index (κ3) is 9.38. The quantitative estimate of drug-likeness (QED) is 0.337. The molecule has 20 heavy (non-hydrogen) atoms. The van der Waals surface area contributed by atoms with Crippen molar-refractivity contribution in [3.63, 3.8) is 0 Å². The third-order valence-electron chi connectivity index (χ3n) is 2.54. The summed E-state index contributed by atoms with van der Waals surface area (Å²) < 4.78 is 15.8. The average molecular weight is 288 g/mol. The highest BCUT2D eigenvalue weighted by molar-refractivity contribution is 5.76. The van der Waals surface area contributed by atoms with E-state index in [0.29, 0.717) is 13.0 Å². The van der Waals surface area contributed by atoms with Crippen molar-refractivity contribution in [2.45, 2.75) is 58.3 Å². The molecule has 0 radical (unpaired) electrons. The lowest BCUT2D eigenvalue weighted by molar-refractivity contribution is -0.186. The van der Waals surface area contributed by atoms with Gasteiger partial charge in [-0.2, -0.15) is 0 Å². The van der Waals surface area contributed by atoms with E-state index in [9.17, 15) is 9.59 Å². The van der Waals surface area contributed by atoms with Gasteiger partial charge in [0.25, 0.3) is 0 Å². The standard InChI is InChI=1S/C14H24O6/c1-4-7-14(19-10-11(5-2)18-6-3)20-13(17)9-8-12(15)16/h6,11,14H,3-5,7-10H2,1-2H3,(H,15,16). The molecule has 2 atom stereocenters. The van der Waals surface area contributed by atoms with Crippen LogP contribution in [-0.2, 0) is 23.8 Å². The molecule has 6 heteroatoms. The van der Waals surface area contributed by atoms with E-state index < -0.39 is 18.2 Å². The second-order valence-corrected chi connectivity index (χ2v) is 4.27. The van der Waals surface area contributed by atoms with E-state index in [1.807, 2.05) is 13.8 Å². The van der Waals surface area contributed by atoms with Gasteiger partial charge in [-0.05, 0) is 6.42 Å². The Morgan fingerprint density at radius 3 is 2.50 bits per heavy atom. The van der Waals surface area contributed by atoms with E-state index in [2.05, 4.69) is 6.58 Å². The zero-order valence-corrected chi connectivity index (χ0v) is 12.2. The van der Waals surface area contributed by atoms with Gasteiger partial charge in [-0.1, -0.05) is 26.8 Å². The van der Waals surface area contributed by atoms with E-state index in [0.717, 1.165) is 12.8 Å². The number of hydrogen-bond donors (Lipinski definition) is 1. The van der Waals surface area contributed by atoms with E-state index in [4.69, 9.17) is 19.3 Å². The molecule has 0 aliphatic heterocycles. The normalized spacial score (nSPS) is 13.3. The Bertz CT molecular complexity index is 302. The number of carbonyl (C=O) groups is 2. The largest absolute Gasteiger partial charge is 0.496 e. The van der Waals surface area contributed by atoms with Crippen LogP contribution in [0.3, 0.4) is 0 Å². The zero-order valence-electron chi connectivity index (χ0n) is 12.2. The molecular formula is C14H24O6. The van der Waals surface area contributed by atoms with E-state index >= 15 is 0 Å². The van der Waals surface area contributed by atoms with Crippen LogP contribution in [-0.4, -0.2) is 36.0 Å². The fourth-order valence-electron chi connectivity index (χ4n) is 1.43. The highest BCUT2D eigenvalue weighted by Crippen LogP contribution is 2.09. The molecule has 0 aliphatic carbocycles. The zero-order chi connectivity index (χ0) is 15.4. The summed E-state index contributed by atoms with van der Waals surface area (Å²) in [5.74, 6) is -1.59. The number of aliphatic carboxylic acids is 1. The second kappa shape index (κ2) is 11.3. The predicted octanol–water partition coefficient (Wildman–Crippen LogP) is 2.48. The monoisotopic (exact) mass is 288 g/mol. The molecule has 0 aliphatic rings. The van der Waals surface area contributed by atoms with Crippen LogP contribution in [0.5, 0.6) is 0 Å². The molecule has 116 valence electrons. The highest BCUT2D eigenvalue weighted by Gasteiger charge is 2.17. The van der Waals surface area contributed by atoms with Crippen molar-refractivity contribution < 1.29 is 28.9 Å². The predicted molar refractivity (Wildman–Crippen MR) is 73.0 cm³/mol. The number of esters is 1. The van der Waals surface area contributed by atoms with Gasteiger partial charge in [0, 0.05) is 6.42 Å². The van der Waals surface area contributed by atoms with Crippen LogP contribution < -0.4 is 0 Å². The summed E-state index contributed by atoms with van der Waals surface area (Å²) in [6.07, 6.45) is 2.25. The van der Waals surface area contributed by atoms with Crippen molar-refractivity contribution in [2.75, 3.05) is 6.61 Å². The minimum absolute atomic E-state index is 0.135. The summed E-state index contributed by atoms with van der Waals surface area (Å²) in [7, 11) is 0. The van der Waals surface area contributed by atoms with Gasteiger partial charge in [-0.3, -0.25) is 9.59 Å². The lowest BCUT2D eigenvalue weighted by Crippen LogP contribution is -2.27. The molecule has 0 aromatic heterocycles. The van der Waals surface area contributed by atoms with Crippen LogP contribution in [0.1, 0.15) is 46.0 Å². The maximum Gasteiger partial charge on any atom is 0.308 e. The molecule has 6 nitrogen and oxygen atoms in total. The first-order chi connectivity index (χ1) is 9.53. The fourth-order valence-corrected chi connectivity index (χ4v) is 1.43. The van der Waals surface area contributed by atoms with Crippen molar-refractivity contribution in [1.29, 1.82) is 0 Å². The molecule has 0 amide bonds. The average Bonchev–Trinajstić information content (AvgIpc) is 2.41. The lowest BCUT2D eigenvalue weighted by Gasteiger charge is -2.21. The number of carboxylic acid groups (broad SMARTS) is 1. The van der Waals surface area contributed by atoms with Crippen LogP contribution in [0.4, 0.5) is 0 Å². The Hall–Kier alpha value is -1.56. The Labute approximate surface area is 119 Å². The van der Waals surface area contributed by atoms with Crippen LogP contribution >= 0.6 is 0 Å². The van der Waals surface area contributed by atoms with Gasteiger partial charge in [0.1, 0.15) is 6.10 Å². The molecule has 0 spiro atoms. The number of carbonyl (C=O) groups excluding carboxylic acids is 1. The molecule has 0 saturated heterocycles. The summed E-state index contributed by atoms with van der Waals surface area (Å²) in [6.45, 7) is 7.67. The van der Waals surface area contributed by atoms with Gasteiger partial charge in [0.15, 0.2) is 0 Å². The Kier molecular flexibility index (Phi) is 10.4. The molecule has 2 unspecified atom stereocenters. The Balaban J connectivity index is 4.16. The fraction of sp³-hybridized carbons (Fsp3) is 0.714. The number of carboxylic acids is 1. The van der Waals surface area contributed by atoms with Crippen molar-refractivity contribution in [3.05, 3.63) is 12.8 Å². The summed E-state index contributed by atoms with van der Waals surface area (Å²) in [5.41, 5.74) is 0. The van der Waals surface area contributed by atoms with Crippen LogP contribution in [0.2, 0.25) is 0 Å². The van der Waals surface area contributed by atoms with Gasteiger partial charge in [-0.15, -0.1) is 0 Å². The van der Waals surface area contributed by atoms with Crippen molar-refractivity contribution in [2.24, 2.45) is 0 Å². The minimum Gasteiger partial charge on any atom is -0.496 e. The highest BCUT2D eigenvalue weighted by atomic mass is 16.7. The molecule has 0 aromatic rings. The Morgan fingerprint density at radius 2 is 2.00 bits per heavy atom. The first-order valence-corrected chi connectivity index (χ1v) is 6.82.